The largest absolute Gasteiger partial charge is 1.00 e. The number of aryl methyl sites for hydroxylation is 1. The van der Waals surface area contributed by atoms with E-state index in [-0.39, 0.29) is 108 Å². The van der Waals surface area contributed by atoms with Gasteiger partial charge in [0.15, 0.2) is 0 Å². The van der Waals surface area contributed by atoms with Crippen LogP contribution in [-0.2, 0) is 36.8 Å². The average Bonchev–Trinajstić information content (AvgIpc) is 3.37. The van der Waals surface area contributed by atoms with Crippen molar-refractivity contribution < 1.29 is 78.5 Å². The van der Waals surface area contributed by atoms with Crippen LogP contribution in [0.4, 0.5) is 22.7 Å². The minimum atomic E-state index is -3.93. The van der Waals surface area contributed by atoms with Crippen LogP contribution >= 0.6 is 11.6 Å². The number of sulfonamides is 2. The molecule has 0 amide bonds. The minimum absolute atomic E-state index is 0. The van der Waals surface area contributed by atoms with Gasteiger partial charge in [-0.3, -0.25) is 0 Å². The van der Waals surface area contributed by atoms with Crippen LogP contribution in [-0.4, -0.2) is 41.9 Å². The fourth-order valence-corrected chi connectivity index (χ4v) is 5.73. The number of halogens is 1. The number of nitrogens with zero attached hydrogens (tertiary/aromatic N) is 6. The predicted molar refractivity (Wildman–Crippen MR) is 188 cm³/mol. The van der Waals surface area contributed by atoms with Crippen LogP contribution in [0.5, 0.6) is 17.2 Å². The van der Waals surface area contributed by atoms with Gasteiger partial charge in [-0.15, -0.1) is 15.9 Å². The molecular formula is C32H26ClCoN8NaO8S2. The molecule has 0 bridgehead atoms. The van der Waals surface area contributed by atoms with Gasteiger partial charge in [0.1, 0.15) is 39.9 Å². The van der Waals surface area contributed by atoms with E-state index in [1.807, 2.05) is 12.1 Å². The zero-order valence-electron chi connectivity index (χ0n) is 27.5. The van der Waals surface area contributed by atoms with Crippen LogP contribution in [0.1, 0.15) is 5.69 Å². The molecular weight excluding hydrogens is 806 g/mol. The van der Waals surface area contributed by atoms with Gasteiger partial charge < -0.3 is 25.2 Å². The number of azo groups is 2. The van der Waals surface area contributed by atoms with Crippen molar-refractivity contribution in [2.75, 3.05) is 0 Å². The summed E-state index contributed by atoms with van der Waals surface area (Å²) in [5.74, 6) is -0.494. The number of rotatable bonds is 7. The van der Waals surface area contributed by atoms with Crippen molar-refractivity contribution >= 4 is 65.2 Å². The van der Waals surface area contributed by atoms with Gasteiger partial charge in [0.25, 0.3) is 0 Å². The maximum Gasteiger partial charge on any atom is 1.00 e. The van der Waals surface area contributed by atoms with Crippen LogP contribution in [0, 0.1) is 6.92 Å². The maximum atomic E-state index is 12.6. The summed E-state index contributed by atoms with van der Waals surface area (Å²) in [5, 5.41) is 61.2. The predicted octanol–water partition coefficient (Wildman–Crippen LogP) is 3.00. The Labute approximate surface area is 339 Å². The van der Waals surface area contributed by atoms with E-state index in [1.165, 1.54) is 54.6 Å². The number of aromatic hydroxyl groups is 3. The Morgan fingerprint density at radius 2 is 1.34 bits per heavy atom. The SMILES string of the molecule is Cc1nn(-c2cccc(S(N)(=O)=O)c2)c(=O)[c-]1N=Nc1cc(Cl)ccc1O.NS(=O)(=O)c1ccc(O)c(N=Nc2c(O)ccc3ccccc23)c1.[Co].[Na+]. The van der Waals surface area contributed by atoms with Gasteiger partial charge in [-0.05, 0) is 66.0 Å². The van der Waals surface area contributed by atoms with Crippen molar-refractivity contribution in [2.45, 2.75) is 16.7 Å². The van der Waals surface area contributed by atoms with Crippen LogP contribution in [0.3, 0.4) is 0 Å². The molecule has 1 aromatic heterocycles. The summed E-state index contributed by atoms with van der Waals surface area (Å²) in [6.07, 6.45) is 0. The van der Waals surface area contributed by atoms with E-state index < -0.39 is 25.6 Å². The van der Waals surface area contributed by atoms with Gasteiger partial charge in [-0.1, -0.05) is 60.6 Å². The Morgan fingerprint density at radius 3 is 2.02 bits per heavy atom. The van der Waals surface area contributed by atoms with Crippen molar-refractivity contribution in [1.29, 1.82) is 0 Å². The van der Waals surface area contributed by atoms with E-state index >= 15 is 0 Å². The molecule has 21 heteroatoms. The van der Waals surface area contributed by atoms with Gasteiger partial charge in [-0.2, -0.15) is 5.11 Å². The van der Waals surface area contributed by atoms with E-state index in [0.29, 0.717) is 10.4 Å². The first-order valence-corrected chi connectivity index (χ1v) is 17.8. The Kier molecular flexibility index (Phi) is 14.3. The summed E-state index contributed by atoms with van der Waals surface area (Å²) >= 11 is 5.85. The number of benzene rings is 5. The zero-order chi connectivity index (χ0) is 37.1. The molecule has 1 heterocycles. The van der Waals surface area contributed by atoms with Gasteiger partial charge >= 0.3 is 29.6 Å². The summed E-state index contributed by atoms with van der Waals surface area (Å²) in [4.78, 5) is 12.3. The van der Waals surface area contributed by atoms with Gasteiger partial charge in [0.2, 0.25) is 20.0 Å². The van der Waals surface area contributed by atoms with E-state index in [0.717, 1.165) is 22.2 Å². The second kappa shape index (κ2) is 17.6. The summed E-state index contributed by atoms with van der Waals surface area (Å²) in [5.41, 5.74) is 0.0420. The summed E-state index contributed by atoms with van der Waals surface area (Å²) < 4.78 is 46.8. The first kappa shape index (κ1) is 43.0. The number of nitrogens with two attached hydrogens (primary N) is 2. The smallest absolute Gasteiger partial charge is 0.506 e. The fraction of sp³-hybridized carbons (Fsp3) is 0.0312. The summed E-state index contributed by atoms with van der Waals surface area (Å²) in [6, 6.07) is 23.6. The third-order valence-electron chi connectivity index (χ3n) is 6.99. The number of primary sulfonamides is 2. The van der Waals surface area contributed by atoms with Crippen LogP contribution < -0.4 is 45.4 Å². The number of aromatic nitrogens is 2. The van der Waals surface area contributed by atoms with Crippen molar-refractivity contribution in [1.82, 2.24) is 9.78 Å². The third-order valence-corrected chi connectivity index (χ3v) is 9.04. The molecule has 5 aromatic carbocycles. The van der Waals surface area contributed by atoms with E-state index in [9.17, 15) is 36.9 Å². The number of hydrogen-bond acceptors (Lipinski definition) is 13. The minimum Gasteiger partial charge on any atom is -0.506 e. The molecule has 6 aromatic rings. The van der Waals surface area contributed by atoms with Crippen LogP contribution in [0.2, 0.25) is 5.02 Å². The number of phenols is 3. The summed E-state index contributed by atoms with van der Waals surface area (Å²) in [6.45, 7) is 1.55. The topological polar surface area (TPSA) is 265 Å². The van der Waals surface area contributed by atoms with E-state index in [2.05, 4.69) is 25.6 Å². The van der Waals surface area contributed by atoms with Crippen LogP contribution in [0.15, 0.2) is 132 Å². The van der Waals surface area contributed by atoms with Crippen LogP contribution in [0.25, 0.3) is 16.5 Å². The molecule has 0 fully saturated rings. The van der Waals surface area contributed by atoms with Gasteiger partial charge in [0.05, 0.1) is 15.5 Å². The zero-order valence-corrected chi connectivity index (χ0v) is 32.9. The molecule has 0 atom stereocenters. The molecule has 0 unspecified atom stereocenters. The molecule has 53 heavy (non-hydrogen) atoms. The molecule has 6 rings (SSSR count). The van der Waals surface area contributed by atoms with Crippen molar-refractivity contribution in [2.24, 2.45) is 30.7 Å². The van der Waals surface area contributed by atoms with Crippen molar-refractivity contribution in [3.63, 3.8) is 0 Å². The Balaban J connectivity index is 0.000000277. The molecule has 0 saturated heterocycles. The molecule has 1 radical (unpaired) electrons. The monoisotopic (exact) mass is 831 g/mol. The fourth-order valence-electron chi connectivity index (χ4n) is 4.47. The summed E-state index contributed by atoms with van der Waals surface area (Å²) in [7, 11) is -7.86. The van der Waals surface area contributed by atoms with Crippen molar-refractivity contribution in [3.05, 3.63) is 118 Å². The van der Waals surface area contributed by atoms with E-state index in [4.69, 9.17) is 21.9 Å². The van der Waals surface area contributed by atoms with Gasteiger partial charge in [-0.25, -0.2) is 36.9 Å². The molecule has 0 saturated carbocycles. The average molecular weight is 832 g/mol. The number of hydrogen-bond donors (Lipinski definition) is 5. The Morgan fingerprint density at radius 1 is 0.736 bits per heavy atom. The Bertz CT molecular complexity index is 2650. The first-order valence-electron chi connectivity index (χ1n) is 14.3. The molecule has 16 nitrogen and oxygen atoms in total. The van der Waals surface area contributed by atoms with Gasteiger partial charge in [0, 0.05) is 27.2 Å². The number of phenolic OH excluding ortho intramolecular Hbond substituents is 3. The van der Waals surface area contributed by atoms with Crippen molar-refractivity contribution in [3.8, 4) is 22.9 Å². The standard InChI is InChI=1S/C16H13ClN5O4S.C16H13N3O4S.Co.Na/c1-9-15(20-19-13-7-10(17)5-6-14(13)23)16(24)22(21-9)11-3-2-4-12(8-11)27(18,25)26;17-24(22,23)11-6-8-14(20)13(9-11)18-19-16-12-4-2-1-3-10(12)5-7-15(16)21;;/h2-8,23H,1H3,(H2,18,25,26);1-9,20-21H,(H2,17,22,23);;/q-1;;;+1. The second-order valence-electron chi connectivity index (χ2n) is 10.6. The quantitative estimate of drug-likeness (QED) is 0.0898. The number of fused-ring (bicyclic) bond motifs is 1. The normalized spacial score (nSPS) is 11.5. The molecule has 0 spiro atoms. The molecule has 0 aliphatic rings. The molecule has 0 aliphatic heterocycles. The molecule has 7 N–H and O–H groups in total. The maximum absolute atomic E-state index is 12.6. The second-order valence-corrected chi connectivity index (χ2v) is 14.1. The molecule has 0 aliphatic carbocycles. The van der Waals surface area contributed by atoms with E-state index in [1.54, 1.807) is 25.1 Å². The molecule has 271 valence electrons. The third kappa shape index (κ3) is 10.4. The first-order chi connectivity index (χ1) is 24.0. The Hall–Kier alpha value is -4.41.